The van der Waals surface area contributed by atoms with Gasteiger partial charge in [-0.05, 0) is 45.8 Å². The topological polar surface area (TPSA) is 55.8 Å². The molecule has 1 aliphatic rings. The van der Waals surface area contributed by atoms with E-state index in [1.54, 1.807) is 27.7 Å². The fourth-order valence-electron chi connectivity index (χ4n) is 2.62. The lowest BCUT2D eigenvalue weighted by Gasteiger charge is -2.49. The van der Waals surface area contributed by atoms with Crippen molar-refractivity contribution in [1.82, 2.24) is 4.90 Å². The van der Waals surface area contributed by atoms with Crippen molar-refractivity contribution in [2.75, 3.05) is 6.54 Å². The van der Waals surface area contributed by atoms with E-state index in [9.17, 15) is 9.59 Å². The summed E-state index contributed by atoms with van der Waals surface area (Å²) < 4.78 is 11.5. The van der Waals surface area contributed by atoms with Crippen molar-refractivity contribution in [3.8, 4) is 0 Å². The van der Waals surface area contributed by atoms with Gasteiger partial charge < -0.3 is 9.16 Å². The molecule has 1 atom stereocenters. The van der Waals surface area contributed by atoms with Crippen LogP contribution in [0.4, 0.5) is 4.79 Å². The molecule has 0 N–H and O–H groups in total. The molecule has 0 radical (unpaired) electrons. The van der Waals surface area contributed by atoms with Crippen LogP contribution in [0.2, 0.25) is 18.1 Å². The van der Waals surface area contributed by atoms with Crippen LogP contribution in [0.3, 0.4) is 0 Å². The molecule has 0 aromatic heterocycles. The highest BCUT2D eigenvalue weighted by molar-refractivity contribution is 6.73. The molecular formula is C15H29NO4Si. The lowest BCUT2D eigenvalue weighted by atomic mass is 9.96. The third-order valence-electron chi connectivity index (χ3n) is 4.15. The number of imide groups is 1. The Morgan fingerprint density at radius 1 is 1.24 bits per heavy atom. The van der Waals surface area contributed by atoms with Gasteiger partial charge in [-0.15, -0.1) is 0 Å². The molecule has 0 aromatic rings. The number of carbonyl (C=O) groups excluding carboxylic acids is 2. The molecule has 0 bridgehead atoms. The second-order valence-electron chi connectivity index (χ2n) is 6.95. The van der Waals surface area contributed by atoms with Gasteiger partial charge in [0.25, 0.3) is 5.91 Å². The van der Waals surface area contributed by atoms with Crippen LogP contribution < -0.4 is 0 Å². The zero-order valence-electron chi connectivity index (χ0n) is 14.4. The molecule has 0 saturated carbocycles. The summed E-state index contributed by atoms with van der Waals surface area (Å²) in [6, 6.07) is 2.94. The number of hydrogen-bond donors (Lipinski definition) is 0. The normalized spacial score (nSPS) is 23.0. The van der Waals surface area contributed by atoms with Crippen molar-refractivity contribution in [2.45, 2.75) is 77.8 Å². The fraction of sp³-hybridized carbons (Fsp3) is 0.867. The van der Waals surface area contributed by atoms with Crippen LogP contribution in [-0.2, 0) is 14.0 Å². The minimum absolute atomic E-state index is 0.274. The van der Waals surface area contributed by atoms with Crippen molar-refractivity contribution in [1.29, 1.82) is 0 Å². The van der Waals surface area contributed by atoms with Crippen LogP contribution in [0, 0.1) is 0 Å². The Balaban J connectivity index is 2.73. The largest absolute Gasteiger partial charge is 0.443 e. The van der Waals surface area contributed by atoms with Crippen LogP contribution in [0.15, 0.2) is 0 Å². The highest BCUT2D eigenvalue weighted by atomic mass is 28.4. The van der Waals surface area contributed by atoms with Crippen molar-refractivity contribution in [3.05, 3.63) is 0 Å². The first-order valence-corrected chi connectivity index (χ1v) is 10.3. The third kappa shape index (κ3) is 3.86. The molecule has 1 rings (SSSR count). The van der Waals surface area contributed by atoms with Crippen LogP contribution in [-0.4, -0.2) is 43.0 Å². The number of rotatable bonds is 5. The fourth-order valence-corrected chi connectivity index (χ4v) is 5.66. The second-order valence-corrected chi connectivity index (χ2v) is 11.6. The Morgan fingerprint density at radius 3 is 2.05 bits per heavy atom. The minimum Gasteiger partial charge on any atom is -0.443 e. The highest BCUT2D eigenvalue weighted by Gasteiger charge is 2.56. The number of β-lactam (4-membered cyclic amide) rings is 1. The van der Waals surface area contributed by atoms with E-state index in [0.29, 0.717) is 0 Å². The first kappa shape index (κ1) is 18.2. The SMILES string of the molecule is CC[Si](CC)(CC)O[C@]1(C)CN(C(=O)OC(C)(C)C)C1=O. The zero-order chi connectivity index (χ0) is 16.5. The predicted octanol–water partition coefficient (Wildman–Crippen LogP) is 3.54. The summed E-state index contributed by atoms with van der Waals surface area (Å²) in [6.45, 7) is 13.8. The zero-order valence-corrected chi connectivity index (χ0v) is 15.4. The van der Waals surface area contributed by atoms with Crippen LogP contribution in [0.5, 0.6) is 0 Å². The maximum atomic E-state index is 12.4. The van der Waals surface area contributed by atoms with Crippen molar-refractivity contribution < 1.29 is 18.8 Å². The van der Waals surface area contributed by atoms with E-state index in [-0.39, 0.29) is 12.5 Å². The molecule has 5 nitrogen and oxygen atoms in total. The van der Waals surface area contributed by atoms with Gasteiger partial charge in [0, 0.05) is 0 Å². The number of nitrogens with zero attached hydrogens (tertiary/aromatic N) is 1. The molecule has 1 fully saturated rings. The van der Waals surface area contributed by atoms with E-state index in [0.717, 1.165) is 23.0 Å². The third-order valence-corrected chi connectivity index (χ3v) is 8.90. The number of hydrogen-bond acceptors (Lipinski definition) is 4. The molecular weight excluding hydrogens is 286 g/mol. The maximum Gasteiger partial charge on any atom is 0.417 e. The lowest BCUT2D eigenvalue weighted by molar-refractivity contribution is -0.166. The molecule has 0 unspecified atom stereocenters. The van der Waals surface area contributed by atoms with E-state index < -0.39 is 25.6 Å². The van der Waals surface area contributed by atoms with Crippen molar-refractivity contribution >= 4 is 20.3 Å². The summed E-state index contributed by atoms with van der Waals surface area (Å²) in [7, 11) is -1.88. The van der Waals surface area contributed by atoms with E-state index in [2.05, 4.69) is 20.8 Å². The molecule has 1 saturated heterocycles. The minimum atomic E-state index is -1.88. The monoisotopic (exact) mass is 315 g/mol. The summed E-state index contributed by atoms with van der Waals surface area (Å²) in [5, 5.41) is 0. The summed E-state index contributed by atoms with van der Waals surface area (Å²) in [5.74, 6) is -0.274. The maximum absolute atomic E-state index is 12.4. The molecule has 1 heterocycles. The van der Waals surface area contributed by atoms with Gasteiger partial charge in [0.2, 0.25) is 0 Å². The second kappa shape index (κ2) is 6.08. The molecule has 122 valence electrons. The molecule has 1 aliphatic heterocycles. The Kier molecular flexibility index (Phi) is 5.26. The van der Waals surface area contributed by atoms with Crippen molar-refractivity contribution in [3.63, 3.8) is 0 Å². The van der Waals surface area contributed by atoms with Crippen molar-refractivity contribution in [2.24, 2.45) is 0 Å². The van der Waals surface area contributed by atoms with Gasteiger partial charge in [0.15, 0.2) is 13.9 Å². The molecule has 0 aromatic carbocycles. The molecule has 0 aliphatic carbocycles. The Hall–Kier alpha value is -0.883. The number of likely N-dealkylation sites (tertiary alicyclic amines) is 1. The Bertz CT molecular complexity index is 406. The van der Waals surface area contributed by atoms with Gasteiger partial charge in [0.1, 0.15) is 5.60 Å². The van der Waals surface area contributed by atoms with Gasteiger partial charge in [0.05, 0.1) is 6.54 Å². The standard InChI is InChI=1S/C15H29NO4Si/c1-8-21(9-2,10-3)20-15(7)11-16(12(15)17)13(18)19-14(4,5)6/h8-11H2,1-7H3/t15-/m1/s1. The number of amides is 2. The lowest BCUT2D eigenvalue weighted by Crippen LogP contribution is -2.70. The highest BCUT2D eigenvalue weighted by Crippen LogP contribution is 2.35. The Labute approximate surface area is 129 Å². The summed E-state index contributed by atoms with van der Waals surface area (Å²) in [5.41, 5.74) is -1.45. The van der Waals surface area contributed by atoms with Gasteiger partial charge in [-0.25, -0.2) is 9.69 Å². The Morgan fingerprint density at radius 2 is 1.71 bits per heavy atom. The van der Waals surface area contributed by atoms with Gasteiger partial charge in [-0.2, -0.15) is 0 Å². The average molecular weight is 315 g/mol. The smallest absolute Gasteiger partial charge is 0.417 e. The first-order valence-electron chi connectivity index (χ1n) is 7.77. The number of carbonyl (C=O) groups is 2. The molecule has 2 amide bonds. The van der Waals surface area contributed by atoms with E-state index >= 15 is 0 Å². The molecule has 0 spiro atoms. The number of ether oxygens (including phenoxy) is 1. The van der Waals surface area contributed by atoms with Gasteiger partial charge in [-0.1, -0.05) is 20.8 Å². The van der Waals surface area contributed by atoms with E-state index in [1.165, 1.54) is 0 Å². The average Bonchev–Trinajstić information content (AvgIpc) is 2.40. The van der Waals surface area contributed by atoms with E-state index in [4.69, 9.17) is 9.16 Å². The van der Waals surface area contributed by atoms with Gasteiger partial charge >= 0.3 is 6.09 Å². The quantitative estimate of drug-likeness (QED) is 0.575. The van der Waals surface area contributed by atoms with Crippen LogP contribution >= 0.6 is 0 Å². The molecule has 6 heteroatoms. The van der Waals surface area contributed by atoms with Gasteiger partial charge in [-0.3, -0.25) is 4.79 Å². The molecule has 21 heavy (non-hydrogen) atoms. The summed E-state index contributed by atoms with van der Waals surface area (Å²) in [6.07, 6.45) is -0.578. The summed E-state index contributed by atoms with van der Waals surface area (Å²) in [4.78, 5) is 25.5. The summed E-state index contributed by atoms with van der Waals surface area (Å²) >= 11 is 0. The first-order chi connectivity index (χ1) is 9.52. The predicted molar refractivity (Wildman–Crippen MR) is 84.6 cm³/mol. The van der Waals surface area contributed by atoms with Crippen LogP contribution in [0.1, 0.15) is 48.5 Å². The van der Waals surface area contributed by atoms with E-state index in [1.807, 2.05) is 0 Å². The van der Waals surface area contributed by atoms with Crippen LogP contribution in [0.25, 0.3) is 0 Å².